The van der Waals surface area contributed by atoms with E-state index in [-0.39, 0.29) is 0 Å². The minimum absolute atomic E-state index is 0.789. The molecule has 2 nitrogen and oxygen atoms in total. The molecule has 0 aliphatic rings. The van der Waals surface area contributed by atoms with E-state index in [2.05, 4.69) is 36.1 Å². The third-order valence-corrected chi connectivity index (χ3v) is 5.01. The molecular weight excluding hydrogens is 342 g/mol. The average Bonchev–Trinajstić information content (AvgIpc) is 2.68. The van der Waals surface area contributed by atoms with Crippen molar-refractivity contribution < 1.29 is 4.74 Å². The summed E-state index contributed by atoms with van der Waals surface area (Å²) in [6.07, 6.45) is 9.30. The van der Waals surface area contributed by atoms with Crippen LogP contribution in [0.5, 0.6) is 5.75 Å². The van der Waals surface area contributed by atoms with E-state index in [1.807, 2.05) is 24.3 Å². The Balaban J connectivity index is 1.93. The maximum absolute atomic E-state index is 6.03. The fourth-order valence-corrected chi connectivity index (χ4v) is 3.29. The molecule has 0 aliphatic carbocycles. The van der Waals surface area contributed by atoms with Crippen LogP contribution in [0, 0.1) is 0 Å². The van der Waals surface area contributed by atoms with Gasteiger partial charge < -0.3 is 9.64 Å². The van der Waals surface area contributed by atoms with Gasteiger partial charge in [0.1, 0.15) is 5.75 Å². The van der Waals surface area contributed by atoms with E-state index in [0.717, 1.165) is 23.9 Å². The molecule has 0 aliphatic heterocycles. The molecule has 0 saturated carbocycles. The molecule has 0 unspecified atom stereocenters. The van der Waals surface area contributed by atoms with Crippen LogP contribution in [0.4, 0.5) is 5.69 Å². The van der Waals surface area contributed by atoms with Crippen LogP contribution in [0.3, 0.4) is 0 Å². The Labute approximate surface area is 164 Å². The van der Waals surface area contributed by atoms with Crippen molar-refractivity contribution in [3.8, 4) is 5.75 Å². The lowest BCUT2D eigenvalue weighted by molar-refractivity contribution is 0.415. The molecule has 0 bridgehead atoms. The highest BCUT2D eigenvalue weighted by molar-refractivity contribution is 6.30. The number of anilines is 1. The third-order valence-electron chi connectivity index (χ3n) is 4.76. The van der Waals surface area contributed by atoms with Crippen molar-refractivity contribution >= 4 is 17.3 Å². The van der Waals surface area contributed by atoms with Gasteiger partial charge in [0.15, 0.2) is 0 Å². The van der Waals surface area contributed by atoms with Gasteiger partial charge in [-0.25, -0.2) is 0 Å². The first kappa shape index (κ1) is 20.6. The van der Waals surface area contributed by atoms with E-state index >= 15 is 0 Å². The molecule has 2 aromatic carbocycles. The summed E-state index contributed by atoms with van der Waals surface area (Å²) in [5, 5.41) is 0.789. The topological polar surface area (TPSA) is 12.5 Å². The van der Waals surface area contributed by atoms with Gasteiger partial charge in [0, 0.05) is 23.8 Å². The quantitative estimate of drug-likeness (QED) is 0.367. The fraction of sp³-hybridized carbons (Fsp3) is 0.478. The first-order valence-electron chi connectivity index (χ1n) is 9.86. The predicted molar refractivity (Wildman–Crippen MR) is 113 cm³/mol. The average molecular weight is 374 g/mol. The van der Waals surface area contributed by atoms with E-state index in [1.165, 1.54) is 56.2 Å². The second-order valence-electron chi connectivity index (χ2n) is 6.87. The van der Waals surface area contributed by atoms with Crippen LogP contribution in [0.1, 0.15) is 57.4 Å². The van der Waals surface area contributed by atoms with E-state index in [4.69, 9.17) is 16.3 Å². The zero-order valence-corrected chi connectivity index (χ0v) is 17.0. The standard InChI is InChI=1S/C23H32ClNO/c1-3-4-5-6-7-8-9-18-25(19-20-10-12-21(24)13-11-20)22-14-16-23(26-2)17-15-22/h10-17H,3-9,18-19H2,1-2H3. The number of benzene rings is 2. The van der Waals surface area contributed by atoms with Crippen LogP contribution in [-0.4, -0.2) is 13.7 Å². The summed E-state index contributed by atoms with van der Waals surface area (Å²) in [7, 11) is 1.71. The lowest BCUT2D eigenvalue weighted by Gasteiger charge is -2.25. The molecule has 26 heavy (non-hydrogen) atoms. The molecule has 0 aromatic heterocycles. The maximum atomic E-state index is 6.03. The molecular formula is C23H32ClNO. The molecule has 0 fully saturated rings. The summed E-state index contributed by atoms with van der Waals surface area (Å²) in [5.74, 6) is 0.899. The largest absolute Gasteiger partial charge is 0.497 e. The van der Waals surface area contributed by atoms with Crippen LogP contribution < -0.4 is 9.64 Å². The van der Waals surface area contributed by atoms with Gasteiger partial charge >= 0.3 is 0 Å². The Morgan fingerprint density at radius 1 is 0.808 bits per heavy atom. The number of ether oxygens (including phenoxy) is 1. The van der Waals surface area contributed by atoms with Crippen molar-refractivity contribution in [3.63, 3.8) is 0 Å². The first-order chi connectivity index (χ1) is 12.7. The summed E-state index contributed by atoms with van der Waals surface area (Å²) < 4.78 is 5.29. The predicted octanol–water partition coefficient (Wildman–Crippen LogP) is 7.11. The number of hydrogen-bond donors (Lipinski definition) is 0. The number of rotatable bonds is 12. The minimum Gasteiger partial charge on any atom is -0.497 e. The van der Waals surface area contributed by atoms with Crippen molar-refractivity contribution in [2.24, 2.45) is 0 Å². The minimum atomic E-state index is 0.789. The number of nitrogens with zero attached hydrogens (tertiary/aromatic N) is 1. The van der Waals surface area contributed by atoms with Crippen molar-refractivity contribution in [2.45, 2.75) is 58.4 Å². The monoisotopic (exact) mass is 373 g/mol. The highest BCUT2D eigenvalue weighted by Gasteiger charge is 2.08. The Bertz CT molecular complexity index is 609. The third kappa shape index (κ3) is 7.29. The summed E-state index contributed by atoms with van der Waals surface area (Å²) in [5.41, 5.74) is 2.53. The lowest BCUT2D eigenvalue weighted by Crippen LogP contribution is -2.23. The molecule has 0 amide bonds. The number of methoxy groups -OCH3 is 1. The SMILES string of the molecule is CCCCCCCCCN(Cc1ccc(Cl)cc1)c1ccc(OC)cc1. The molecule has 142 valence electrons. The van der Waals surface area contributed by atoms with Crippen LogP contribution in [0.15, 0.2) is 48.5 Å². The Kier molecular flexibility index (Phi) is 9.41. The molecule has 0 atom stereocenters. The summed E-state index contributed by atoms with van der Waals surface area (Å²) in [4.78, 5) is 2.45. The molecule has 0 N–H and O–H groups in total. The Hall–Kier alpha value is -1.67. The van der Waals surface area contributed by atoms with Gasteiger partial charge in [-0.05, 0) is 48.4 Å². The first-order valence-corrected chi connectivity index (χ1v) is 10.2. The second-order valence-corrected chi connectivity index (χ2v) is 7.30. The van der Waals surface area contributed by atoms with Crippen molar-refractivity contribution in [1.82, 2.24) is 0 Å². The molecule has 0 radical (unpaired) electrons. The molecule has 0 heterocycles. The van der Waals surface area contributed by atoms with Crippen LogP contribution in [-0.2, 0) is 6.54 Å². The number of unbranched alkanes of at least 4 members (excludes halogenated alkanes) is 6. The van der Waals surface area contributed by atoms with E-state index in [0.29, 0.717) is 0 Å². The van der Waals surface area contributed by atoms with Crippen LogP contribution in [0.2, 0.25) is 5.02 Å². The molecule has 0 spiro atoms. The number of hydrogen-bond acceptors (Lipinski definition) is 2. The zero-order valence-electron chi connectivity index (χ0n) is 16.2. The van der Waals surface area contributed by atoms with Gasteiger partial charge in [-0.3, -0.25) is 0 Å². The van der Waals surface area contributed by atoms with E-state index < -0.39 is 0 Å². The molecule has 3 heteroatoms. The van der Waals surface area contributed by atoms with Gasteiger partial charge in [0.2, 0.25) is 0 Å². The lowest BCUT2D eigenvalue weighted by atomic mass is 10.1. The smallest absolute Gasteiger partial charge is 0.119 e. The van der Waals surface area contributed by atoms with Crippen LogP contribution in [0.25, 0.3) is 0 Å². The van der Waals surface area contributed by atoms with Crippen molar-refractivity contribution in [3.05, 3.63) is 59.1 Å². The summed E-state index contributed by atoms with van der Waals surface area (Å²) >= 11 is 6.03. The van der Waals surface area contributed by atoms with Crippen molar-refractivity contribution in [1.29, 1.82) is 0 Å². The van der Waals surface area contributed by atoms with Gasteiger partial charge in [-0.2, -0.15) is 0 Å². The fourth-order valence-electron chi connectivity index (χ4n) is 3.16. The zero-order chi connectivity index (χ0) is 18.6. The Morgan fingerprint density at radius 2 is 1.42 bits per heavy atom. The van der Waals surface area contributed by atoms with Gasteiger partial charge in [-0.15, -0.1) is 0 Å². The van der Waals surface area contributed by atoms with E-state index in [1.54, 1.807) is 7.11 Å². The Morgan fingerprint density at radius 3 is 2.04 bits per heavy atom. The van der Waals surface area contributed by atoms with Gasteiger partial charge in [0.25, 0.3) is 0 Å². The second kappa shape index (κ2) is 11.9. The normalized spacial score (nSPS) is 10.7. The number of halogens is 1. The molecule has 2 rings (SSSR count). The highest BCUT2D eigenvalue weighted by atomic mass is 35.5. The highest BCUT2D eigenvalue weighted by Crippen LogP contribution is 2.22. The summed E-state index contributed by atoms with van der Waals surface area (Å²) in [6.45, 7) is 4.24. The maximum Gasteiger partial charge on any atom is 0.119 e. The van der Waals surface area contributed by atoms with Crippen molar-refractivity contribution in [2.75, 3.05) is 18.6 Å². The van der Waals surface area contributed by atoms with E-state index in [9.17, 15) is 0 Å². The van der Waals surface area contributed by atoms with Gasteiger partial charge in [0.05, 0.1) is 7.11 Å². The molecule has 2 aromatic rings. The molecule has 0 saturated heterocycles. The summed E-state index contributed by atoms with van der Waals surface area (Å²) in [6, 6.07) is 16.5. The van der Waals surface area contributed by atoms with Gasteiger partial charge in [-0.1, -0.05) is 69.2 Å². The van der Waals surface area contributed by atoms with Crippen LogP contribution >= 0.6 is 11.6 Å².